The first kappa shape index (κ1) is 21.9. The zero-order valence-electron chi connectivity index (χ0n) is 18.5. The third-order valence-corrected chi connectivity index (χ3v) is 6.15. The molecule has 1 aromatic heterocycles. The van der Waals surface area contributed by atoms with Gasteiger partial charge in [0.05, 0.1) is 38.7 Å². The van der Waals surface area contributed by atoms with Gasteiger partial charge in [-0.3, -0.25) is 4.79 Å². The molecule has 4 rings (SSSR count). The molecule has 1 saturated carbocycles. The SMILES string of the molecule is COc1ccc(OC)c(NC(=O)N2CCC[C@H]2Cn2cc(C(=O)NC3CCCC3)nn2)c1. The van der Waals surface area contributed by atoms with Crippen LogP contribution in [0.15, 0.2) is 24.4 Å². The summed E-state index contributed by atoms with van der Waals surface area (Å²) in [7, 11) is 3.13. The first-order valence-corrected chi connectivity index (χ1v) is 11.1. The van der Waals surface area contributed by atoms with Crippen molar-refractivity contribution in [2.24, 2.45) is 0 Å². The monoisotopic (exact) mass is 442 g/mol. The molecule has 1 saturated heterocycles. The van der Waals surface area contributed by atoms with E-state index in [0.29, 0.717) is 36.0 Å². The number of likely N-dealkylation sites (tertiary alicyclic amines) is 1. The molecule has 32 heavy (non-hydrogen) atoms. The van der Waals surface area contributed by atoms with Crippen LogP contribution in [0.25, 0.3) is 0 Å². The molecule has 10 heteroatoms. The summed E-state index contributed by atoms with van der Waals surface area (Å²) in [6, 6.07) is 5.24. The number of carbonyl (C=O) groups is 2. The Balaban J connectivity index is 1.38. The van der Waals surface area contributed by atoms with Gasteiger partial charge >= 0.3 is 6.03 Å². The molecular weight excluding hydrogens is 412 g/mol. The largest absolute Gasteiger partial charge is 0.497 e. The Kier molecular flexibility index (Phi) is 6.77. The van der Waals surface area contributed by atoms with Crippen LogP contribution in [0.4, 0.5) is 10.5 Å². The van der Waals surface area contributed by atoms with Gasteiger partial charge in [-0.25, -0.2) is 9.48 Å². The van der Waals surface area contributed by atoms with Gasteiger partial charge in [0, 0.05) is 18.7 Å². The van der Waals surface area contributed by atoms with E-state index in [2.05, 4.69) is 20.9 Å². The highest BCUT2D eigenvalue weighted by molar-refractivity contribution is 5.92. The highest BCUT2D eigenvalue weighted by atomic mass is 16.5. The number of hydrogen-bond acceptors (Lipinski definition) is 6. The lowest BCUT2D eigenvalue weighted by Gasteiger charge is -2.25. The molecule has 3 amide bonds. The number of amides is 3. The first-order valence-electron chi connectivity index (χ1n) is 11.1. The van der Waals surface area contributed by atoms with Gasteiger partial charge in [-0.2, -0.15) is 0 Å². The molecule has 2 aliphatic rings. The molecule has 1 atom stereocenters. The molecule has 0 radical (unpaired) electrons. The summed E-state index contributed by atoms with van der Waals surface area (Å²) >= 11 is 0. The van der Waals surface area contributed by atoms with Crippen molar-refractivity contribution in [3.8, 4) is 11.5 Å². The fourth-order valence-electron chi connectivity index (χ4n) is 4.43. The lowest BCUT2D eigenvalue weighted by molar-refractivity contribution is 0.0932. The number of hydrogen-bond donors (Lipinski definition) is 2. The molecule has 1 aromatic carbocycles. The summed E-state index contributed by atoms with van der Waals surface area (Å²) in [4.78, 5) is 27.2. The summed E-state index contributed by atoms with van der Waals surface area (Å²) in [6.45, 7) is 1.12. The summed E-state index contributed by atoms with van der Waals surface area (Å²) in [5.74, 6) is 1.00. The van der Waals surface area contributed by atoms with Crippen molar-refractivity contribution in [2.75, 3.05) is 26.1 Å². The van der Waals surface area contributed by atoms with E-state index in [9.17, 15) is 9.59 Å². The number of anilines is 1. The number of carbonyl (C=O) groups excluding carboxylic acids is 2. The highest BCUT2D eigenvalue weighted by Crippen LogP contribution is 2.30. The second-order valence-corrected chi connectivity index (χ2v) is 8.27. The van der Waals surface area contributed by atoms with E-state index in [0.717, 1.165) is 38.5 Å². The fourth-order valence-corrected chi connectivity index (χ4v) is 4.43. The van der Waals surface area contributed by atoms with Crippen molar-refractivity contribution in [1.29, 1.82) is 0 Å². The van der Waals surface area contributed by atoms with E-state index in [1.807, 2.05) is 0 Å². The van der Waals surface area contributed by atoms with E-state index >= 15 is 0 Å². The average Bonchev–Trinajstić information content (AvgIpc) is 3.56. The van der Waals surface area contributed by atoms with Gasteiger partial charge in [-0.1, -0.05) is 18.1 Å². The molecule has 0 bridgehead atoms. The third-order valence-electron chi connectivity index (χ3n) is 6.15. The Morgan fingerprint density at radius 1 is 1.12 bits per heavy atom. The van der Waals surface area contributed by atoms with Crippen LogP contribution in [0.1, 0.15) is 49.0 Å². The van der Waals surface area contributed by atoms with Crippen molar-refractivity contribution in [2.45, 2.75) is 57.2 Å². The number of rotatable bonds is 7. The Morgan fingerprint density at radius 3 is 2.69 bits per heavy atom. The number of aromatic nitrogens is 3. The Hall–Kier alpha value is -3.30. The lowest BCUT2D eigenvalue weighted by atomic mass is 10.2. The second-order valence-electron chi connectivity index (χ2n) is 8.27. The smallest absolute Gasteiger partial charge is 0.322 e. The molecule has 1 aliphatic heterocycles. The maximum absolute atomic E-state index is 13.0. The van der Waals surface area contributed by atoms with Crippen LogP contribution in [-0.2, 0) is 6.54 Å². The maximum atomic E-state index is 13.0. The quantitative estimate of drug-likeness (QED) is 0.682. The van der Waals surface area contributed by atoms with Gasteiger partial charge in [0.2, 0.25) is 0 Å². The molecule has 0 unspecified atom stereocenters. The molecule has 2 aromatic rings. The van der Waals surface area contributed by atoms with E-state index in [4.69, 9.17) is 9.47 Å². The Morgan fingerprint density at radius 2 is 1.94 bits per heavy atom. The highest BCUT2D eigenvalue weighted by Gasteiger charge is 2.30. The number of nitrogens with one attached hydrogen (secondary N) is 2. The van der Waals surface area contributed by atoms with Crippen LogP contribution in [0.2, 0.25) is 0 Å². The third kappa shape index (κ3) is 4.95. The summed E-state index contributed by atoms with van der Waals surface area (Å²) in [5, 5.41) is 14.1. The molecule has 10 nitrogen and oxygen atoms in total. The standard InChI is InChI=1S/C22H30N6O4/c1-31-17-9-10-20(32-2)18(12-17)24-22(30)28-11-5-8-16(28)13-27-14-19(25-26-27)21(29)23-15-6-3-4-7-15/h9-10,12,14-16H,3-8,11,13H2,1-2H3,(H,23,29)(H,24,30)/t16-/m0/s1. The van der Waals surface area contributed by atoms with E-state index in [-0.39, 0.29) is 24.0 Å². The number of benzene rings is 1. The summed E-state index contributed by atoms with van der Waals surface area (Å²) in [6.07, 6.45) is 7.75. The van der Waals surface area contributed by atoms with Crippen molar-refractivity contribution < 1.29 is 19.1 Å². The van der Waals surface area contributed by atoms with Crippen LogP contribution in [0, 0.1) is 0 Å². The minimum absolute atomic E-state index is 0.0425. The Bertz CT molecular complexity index is 956. The van der Waals surface area contributed by atoms with Crippen LogP contribution < -0.4 is 20.1 Å². The lowest BCUT2D eigenvalue weighted by Crippen LogP contribution is -2.41. The predicted octanol–water partition coefficient (Wildman–Crippen LogP) is 2.66. The van der Waals surface area contributed by atoms with Gasteiger partial charge in [0.1, 0.15) is 11.5 Å². The van der Waals surface area contributed by atoms with Gasteiger partial charge in [-0.15, -0.1) is 5.10 Å². The van der Waals surface area contributed by atoms with Crippen molar-refractivity contribution in [1.82, 2.24) is 25.2 Å². The van der Waals surface area contributed by atoms with E-state index in [1.54, 1.807) is 48.2 Å². The van der Waals surface area contributed by atoms with Crippen molar-refractivity contribution in [3.05, 3.63) is 30.1 Å². The van der Waals surface area contributed by atoms with Gasteiger partial charge in [0.15, 0.2) is 5.69 Å². The zero-order chi connectivity index (χ0) is 22.5. The van der Waals surface area contributed by atoms with E-state index < -0.39 is 0 Å². The molecular formula is C22H30N6O4. The summed E-state index contributed by atoms with van der Waals surface area (Å²) in [5.41, 5.74) is 0.862. The average molecular weight is 443 g/mol. The van der Waals surface area contributed by atoms with Crippen molar-refractivity contribution >= 4 is 17.6 Å². The molecule has 0 spiro atoms. The van der Waals surface area contributed by atoms with Crippen molar-refractivity contribution in [3.63, 3.8) is 0 Å². The fraction of sp³-hybridized carbons (Fsp3) is 0.545. The van der Waals surface area contributed by atoms with Gasteiger partial charge in [0.25, 0.3) is 5.91 Å². The normalized spacial score (nSPS) is 18.6. The second kappa shape index (κ2) is 9.88. The van der Waals surface area contributed by atoms with Crippen LogP contribution >= 0.6 is 0 Å². The molecule has 1 aliphatic carbocycles. The van der Waals surface area contributed by atoms with Gasteiger partial charge in [-0.05, 0) is 37.8 Å². The number of urea groups is 1. The molecule has 2 N–H and O–H groups in total. The predicted molar refractivity (Wildman–Crippen MR) is 118 cm³/mol. The number of methoxy groups -OCH3 is 2. The Labute approximate surface area is 187 Å². The number of ether oxygens (including phenoxy) is 2. The van der Waals surface area contributed by atoms with Crippen LogP contribution in [-0.4, -0.2) is 64.7 Å². The maximum Gasteiger partial charge on any atom is 0.322 e. The topological polar surface area (TPSA) is 111 Å². The van der Waals surface area contributed by atoms with Crippen LogP contribution in [0.5, 0.6) is 11.5 Å². The van der Waals surface area contributed by atoms with Gasteiger partial charge < -0.3 is 25.0 Å². The summed E-state index contributed by atoms with van der Waals surface area (Å²) < 4.78 is 12.3. The van der Waals surface area contributed by atoms with Crippen LogP contribution in [0.3, 0.4) is 0 Å². The first-order chi connectivity index (χ1) is 15.6. The molecule has 2 heterocycles. The van der Waals surface area contributed by atoms with E-state index in [1.165, 1.54) is 0 Å². The zero-order valence-corrected chi connectivity index (χ0v) is 18.5. The molecule has 2 fully saturated rings. The minimum Gasteiger partial charge on any atom is -0.497 e. The molecule has 172 valence electrons. The number of nitrogens with zero attached hydrogens (tertiary/aromatic N) is 4. The minimum atomic E-state index is -0.210.